The van der Waals surface area contributed by atoms with E-state index in [4.69, 9.17) is 25.1 Å². The summed E-state index contributed by atoms with van der Waals surface area (Å²) < 4.78 is 63.8. The summed E-state index contributed by atoms with van der Waals surface area (Å²) in [6.45, 7) is 16.3. The molecule has 6 atom stereocenters. The summed E-state index contributed by atoms with van der Waals surface area (Å²) in [7, 11) is -0.146. The van der Waals surface area contributed by atoms with E-state index in [-0.39, 0.29) is 44.0 Å². The first-order chi connectivity index (χ1) is 21.5. The number of alkyl halides is 3. The number of halogens is 3. The van der Waals surface area contributed by atoms with Crippen LogP contribution in [0.15, 0.2) is 11.8 Å². The molecule has 2 bridgehead atoms. The van der Waals surface area contributed by atoms with Gasteiger partial charge in [0.1, 0.15) is 30.1 Å². The lowest BCUT2D eigenvalue weighted by atomic mass is 9.96. The Hall–Kier alpha value is -3.15. The first kappa shape index (κ1) is 37.3. The van der Waals surface area contributed by atoms with Crippen molar-refractivity contribution in [3.05, 3.63) is 23.2 Å². The second-order valence-electron chi connectivity index (χ2n) is 11.5. The molecular weight excluding hydrogens is 636 g/mol. The minimum atomic E-state index is -5.13. The summed E-state index contributed by atoms with van der Waals surface area (Å²) in [4.78, 5) is 51.9. The number of urea groups is 1. The van der Waals surface area contributed by atoms with Crippen LogP contribution in [0.2, 0.25) is 0 Å². The summed E-state index contributed by atoms with van der Waals surface area (Å²) >= 11 is 0. The normalized spacial score (nSPS) is 28.0. The van der Waals surface area contributed by atoms with Gasteiger partial charge < -0.3 is 34.0 Å². The number of rotatable bonds is 13. The van der Waals surface area contributed by atoms with Crippen LogP contribution in [0.1, 0.15) is 41.0 Å². The van der Waals surface area contributed by atoms with Crippen LogP contribution >= 0.6 is 8.53 Å². The Morgan fingerprint density at radius 3 is 2.54 bits per heavy atom. The fraction of sp³-hybridized carbons (Fsp3) is 0.679. The molecule has 5 amide bonds. The summed E-state index contributed by atoms with van der Waals surface area (Å²) in [5, 5.41) is 5.92. The lowest BCUT2D eigenvalue weighted by Crippen LogP contribution is -2.65. The highest BCUT2D eigenvalue weighted by molar-refractivity contribution is 7.44. The molecule has 0 radical (unpaired) electrons. The number of ether oxygens (including phenoxy) is 2. The first-order valence-electron chi connectivity index (χ1n) is 14.6. The third-order valence-electron chi connectivity index (χ3n) is 7.52. The van der Waals surface area contributed by atoms with Crippen LogP contribution < -0.4 is 16.0 Å². The van der Waals surface area contributed by atoms with Crippen molar-refractivity contribution >= 4 is 32.3 Å². The molecule has 3 rings (SSSR count). The van der Waals surface area contributed by atoms with E-state index in [1.54, 1.807) is 0 Å². The molecule has 46 heavy (non-hydrogen) atoms. The van der Waals surface area contributed by atoms with Crippen LogP contribution in [0.25, 0.3) is 4.85 Å². The lowest BCUT2D eigenvalue weighted by Gasteiger charge is -2.39. The third kappa shape index (κ3) is 8.22. The zero-order chi connectivity index (χ0) is 34.4. The van der Waals surface area contributed by atoms with Crippen molar-refractivity contribution in [2.75, 3.05) is 39.9 Å². The third-order valence-corrected chi connectivity index (χ3v) is 9.63. The molecule has 0 aromatic carbocycles. The SMILES string of the molecule is [C-]#[N+]CCOP(OC1[C@@H]2OC[C@]1(CC)O[C@H]2[N+]1(C)C=C(C#CCNC(=O)CNC(=O)C(F)(F)F)C(=O)NC1=O)N(C(C)C)C(C)C. The van der Waals surface area contributed by atoms with Gasteiger partial charge >= 0.3 is 18.1 Å². The van der Waals surface area contributed by atoms with Crippen LogP contribution in [-0.4, -0.2) is 115 Å². The molecule has 0 saturated carbocycles. The van der Waals surface area contributed by atoms with Gasteiger partial charge in [-0.2, -0.15) is 17.7 Å². The topological polar surface area (TPSA) is 149 Å². The van der Waals surface area contributed by atoms with Gasteiger partial charge in [-0.3, -0.25) is 14.4 Å². The number of nitrogens with zero attached hydrogens (tertiary/aromatic N) is 3. The quantitative estimate of drug-likeness (QED) is 0.0876. The van der Waals surface area contributed by atoms with Crippen LogP contribution in [0.4, 0.5) is 18.0 Å². The maximum absolute atomic E-state index is 13.3. The molecule has 2 fully saturated rings. The van der Waals surface area contributed by atoms with Gasteiger partial charge in [-0.15, -0.1) is 0 Å². The second-order valence-corrected chi connectivity index (χ2v) is 12.9. The van der Waals surface area contributed by atoms with Gasteiger partial charge in [0.25, 0.3) is 14.4 Å². The standard InChI is InChI=1S/C28H38F3N6O8P/c1-8-27-16-42-21(22(27)45-46(43-13-12-32-6)36(17(2)3)18(4)5)24(44-27)37(7)15-19(23(39)35-26(37)41)10-9-11-33-20(38)14-34-25(40)28(29,30)31/h15,17-18,21-22,24H,8,11-14,16H2,1-5,7H3,(H2-,33,34,35,38,39,40,41)/p+1/t21-,22?,24+,27-,37?,46?/m0/s1. The average molecular weight is 676 g/mol. The molecule has 2 saturated heterocycles. The zero-order valence-electron chi connectivity index (χ0n) is 26.4. The van der Waals surface area contributed by atoms with Gasteiger partial charge in [-0.25, -0.2) is 21.4 Å². The highest BCUT2D eigenvalue weighted by atomic mass is 31.2. The maximum atomic E-state index is 13.3. The predicted octanol–water partition coefficient (Wildman–Crippen LogP) is 1.94. The molecule has 3 heterocycles. The number of quaternary nitrogens is 1. The average Bonchev–Trinajstić information content (AvgIpc) is 3.48. The van der Waals surface area contributed by atoms with E-state index in [1.807, 2.05) is 34.6 Å². The van der Waals surface area contributed by atoms with Gasteiger partial charge in [0.05, 0.1) is 26.7 Å². The molecule has 0 aromatic rings. The van der Waals surface area contributed by atoms with Crippen molar-refractivity contribution in [2.24, 2.45) is 0 Å². The van der Waals surface area contributed by atoms with Crippen LogP contribution in [0.5, 0.6) is 0 Å². The van der Waals surface area contributed by atoms with Gasteiger partial charge in [-0.1, -0.05) is 18.8 Å². The van der Waals surface area contributed by atoms with Gasteiger partial charge in [-0.05, 0) is 34.1 Å². The van der Waals surface area contributed by atoms with E-state index in [2.05, 4.69) is 32.0 Å². The Morgan fingerprint density at radius 1 is 1.28 bits per heavy atom. The summed E-state index contributed by atoms with van der Waals surface area (Å²) in [5.74, 6) is 1.11. The van der Waals surface area contributed by atoms with E-state index >= 15 is 0 Å². The molecule has 3 aliphatic heterocycles. The fourth-order valence-electron chi connectivity index (χ4n) is 5.24. The van der Waals surface area contributed by atoms with E-state index in [0.29, 0.717) is 6.42 Å². The van der Waals surface area contributed by atoms with E-state index < -0.39 is 73.5 Å². The Balaban J connectivity index is 1.81. The summed E-state index contributed by atoms with van der Waals surface area (Å²) in [5.41, 5.74) is -1.06. The fourth-order valence-corrected chi connectivity index (χ4v) is 7.05. The molecule has 3 unspecified atom stereocenters. The minimum absolute atomic E-state index is 0.0456. The Kier molecular flexibility index (Phi) is 12.3. The van der Waals surface area contributed by atoms with E-state index in [0.717, 1.165) is 0 Å². The maximum Gasteiger partial charge on any atom is 0.471 e. The number of carbonyl (C=O) groups is 4. The lowest BCUT2D eigenvalue weighted by molar-refractivity contribution is -0.840. The number of likely N-dealkylation sites (N-methyl/N-ethyl adjacent to an activating group) is 1. The van der Waals surface area contributed by atoms with Crippen molar-refractivity contribution in [1.29, 1.82) is 0 Å². The molecule has 3 aliphatic rings. The first-order valence-corrected chi connectivity index (χ1v) is 15.7. The highest BCUT2D eigenvalue weighted by Crippen LogP contribution is 2.55. The van der Waals surface area contributed by atoms with E-state index in [1.165, 1.54) is 18.6 Å². The molecular formula is C28H39F3N6O8P+. The molecule has 0 aromatic heterocycles. The van der Waals surface area contributed by atoms with E-state index in [9.17, 15) is 32.3 Å². The van der Waals surface area contributed by atoms with Gasteiger partial charge in [0.15, 0.2) is 6.10 Å². The number of nitrogens with one attached hydrogen (secondary N) is 3. The molecule has 14 nitrogen and oxygen atoms in total. The number of hydrogen-bond donors (Lipinski definition) is 3. The molecule has 0 aliphatic carbocycles. The molecule has 0 spiro atoms. The van der Waals surface area contributed by atoms with Crippen molar-refractivity contribution in [3.63, 3.8) is 0 Å². The van der Waals surface area contributed by atoms with Crippen LogP contribution in [0, 0.1) is 18.4 Å². The number of carbonyl (C=O) groups excluding carboxylic acids is 4. The van der Waals surface area contributed by atoms with Crippen molar-refractivity contribution in [2.45, 2.75) is 83.3 Å². The summed E-state index contributed by atoms with van der Waals surface area (Å²) in [6.07, 6.45) is -5.70. The van der Waals surface area contributed by atoms with Gasteiger partial charge in [0.2, 0.25) is 18.7 Å². The number of fused-ring (bicyclic) bond motifs is 2. The largest absolute Gasteiger partial charge is 0.471 e. The molecule has 3 N–H and O–H groups in total. The van der Waals surface area contributed by atoms with Crippen molar-refractivity contribution in [1.82, 2.24) is 20.6 Å². The number of imide groups is 1. The zero-order valence-corrected chi connectivity index (χ0v) is 27.3. The number of hydrogen-bond acceptors (Lipinski definition) is 9. The van der Waals surface area contributed by atoms with Gasteiger partial charge in [0, 0.05) is 12.1 Å². The Bertz CT molecular complexity index is 1320. The summed E-state index contributed by atoms with van der Waals surface area (Å²) in [6, 6.07) is -0.606. The smallest absolute Gasteiger partial charge is 0.363 e. The van der Waals surface area contributed by atoms with Crippen molar-refractivity contribution < 1.29 is 55.4 Å². The highest BCUT2D eigenvalue weighted by Gasteiger charge is 2.69. The molecule has 254 valence electrons. The monoisotopic (exact) mass is 675 g/mol. The van der Waals surface area contributed by atoms with Crippen LogP contribution in [0.3, 0.4) is 0 Å². The van der Waals surface area contributed by atoms with Crippen LogP contribution in [-0.2, 0) is 32.9 Å². The predicted molar refractivity (Wildman–Crippen MR) is 157 cm³/mol. The second kappa shape index (κ2) is 15.2. The van der Waals surface area contributed by atoms with Crippen molar-refractivity contribution in [3.8, 4) is 11.8 Å². The minimum Gasteiger partial charge on any atom is -0.363 e. The number of amides is 5. The molecule has 18 heteroatoms. The Morgan fingerprint density at radius 2 is 1.96 bits per heavy atom. The Labute approximate surface area is 266 Å².